The van der Waals surface area contributed by atoms with Crippen LogP contribution in [0.1, 0.15) is 41.6 Å². The quantitative estimate of drug-likeness (QED) is 0.718. The number of amides is 2. The number of aliphatic hydroxyl groups excluding tert-OH is 2. The lowest BCUT2D eigenvalue weighted by Crippen LogP contribution is -2.56. The first-order valence-corrected chi connectivity index (χ1v) is 7.61. The molecule has 0 unspecified atom stereocenters. The Bertz CT molecular complexity index is 702. The number of benzene rings is 1. The number of ether oxygens (including phenoxy) is 2. The van der Waals surface area contributed by atoms with E-state index in [0.717, 1.165) is 5.56 Å². The molecule has 1 aromatic carbocycles. The molecule has 122 valence electrons. The molecule has 1 aliphatic carbocycles. The molecule has 2 N–H and O–H groups in total. The van der Waals surface area contributed by atoms with Crippen LogP contribution in [0.2, 0.25) is 0 Å². The van der Waals surface area contributed by atoms with Gasteiger partial charge >= 0.3 is 0 Å². The van der Waals surface area contributed by atoms with E-state index in [-0.39, 0.29) is 31.5 Å². The number of carbonyl (C=O) groups excluding carboxylic acids is 2. The summed E-state index contributed by atoms with van der Waals surface area (Å²) in [6.07, 6.45) is -1.36. The summed E-state index contributed by atoms with van der Waals surface area (Å²) in [5, 5.41) is 20.0. The van der Waals surface area contributed by atoms with E-state index in [1.807, 2.05) is 0 Å². The van der Waals surface area contributed by atoms with Crippen molar-refractivity contribution in [3.8, 4) is 11.5 Å². The van der Waals surface area contributed by atoms with Crippen molar-refractivity contribution in [3.05, 3.63) is 23.3 Å². The van der Waals surface area contributed by atoms with Crippen molar-refractivity contribution in [1.29, 1.82) is 0 Å². The molecular formula is C16H17NO6. The van der Waals surface area contributed by atoms with E-state index in [1.165, 1.54) is 11.8 Å². The second-order valence-electron chi connectivity index (χ2n) is 6.27. The first-order valence-electron chi connectivity index (χ1n) is 7.61. The van der Waals surface area contributed by atoms with Gasteiger partial charge in [0.15, 0.2) is 11.5 Å². The molecule has 1 saturated carbocycles. The third kappa shape index (κ3) is 2.04. The van der Waals surface area contributed by atoms with Gasteiger partial charge in [-0.3, -0.25) is 14.5 Å². The Balaban J connectivity index is 1.86. The van der Waals surface area contributed by atoms with Crippen molar-refractivity contribution in [3.63, 3.8) is 0 Å². The van der Waals surface area contributed by atoms with Crippen LogP contribution in [0.3, 0.4) is 0 Å². The molecule has 7 heteroatoms. The van der Waals surface area contributed by atoms with Gasteiger partial charge < -0.3 is 19.7 Å². The molecule has 1 fully saturated rings. The van der Waals surface area contributed by atoms with Crippen LogP contribution in [0, 0.1) is 0 Å². The Morgan fingerprint density at radius 2 is 1.83 bits per heavy atom. The summed E-state index contributed by atoms with van der Waals surface area (Å²) in [7, 11) is 0. The van der Waals surface area contributed by atoms with Crippen LogP contribution >= 0.6 is 0 Å². The highest BCUT2D eigenvalue weighted by molar-refractivity contribution is 6.07. The SMILES string of the molecule is CC(=O)N1C(=O)c2cc3c(cc2[C@H]2C[C@H](O)[C@@H](O)C[C@@H]21)OCO3. The standard InChI is InChI=1S/C16H17NO6/c1-7(18)17-11-5-13(20)12(19)2-9(11)8-3-14-15(23-6-22-14)4-10(8)16(17)21/h3-4,9,11-13,19-20H,2,5-6H2,1H3/t9-,11+,12+,13+/m1/s1. The van der Waals surface area contributed by atoms with E-state index in [4.69, 9.17) is 9.47 Å². The number of rotatable bonds is 0. The van der Waals surface area contributed by atoms with Crippen LogP contribution in [0.15, 0.2) is 12.1 Å². The Labute approximate surface area is 132 Å². The first-order chi connectivity index (χ1) is 11.0. The molecule has 7 nitrogen and oxygen atoms in total. The van der Waals surface area contributed by atoms with Crippen molar-refractivity contribution in [2.45, 2.75) is 43.9 Å². The van der Waals surface area contributed by atoms with E-state index >= 15 is 0 Å². The average Bonchev–Trinajstić information content (AvgIpc) is 2.95. The third-order valence-corrected chi connectivity index (χ3v) is 4.95. The predicted octanol–water partition coefficient (Wildman–Crippen LogP) is 0.385. The fourth-order valence-electron chi connectivity index (χ4n) is 3.87. The lowest BCUT2D eigenvalue weighted by Gasteiger charge is -2.46. The fourth-order valence-corrected chi connectivity index (χ4v) is 3.87. The minimum absolute atomic E-state index is 0.0955. The van der Waals surface area contributed by atoms with Crippen LogP contribution in [0.4, 0.5) is 0 Å². The first kappa shape index (κ1) is 14.5. The molecule has 2 amide bonds. The topological polar surface area (TPSA) is 96.3 Å². The molecule has 0 radical (unpaired) electrons. The molecular weight excluding hydrogens is 302 g/mol. The van der Waals surface area contributed by atoms with Gasteiger partial charge in [0.05, 0.1) is 12.2 Å². The number of fused-ring (bicyclic) bond motifs is 4. The largest absolute Gasteiger partial charge is 0.454 e. The van der Waals surface area contributed by atoms with Crippen molar-refractivity contribution in [1.82, 2.24) is 4.90 Å². The van der Waals surface area contributed by atoms with Gasteiger partial charge in [0.1, 0.15) is 0 Å². The third-order valence-electron chi connectivity index (χ3n) is 4.95. The Morgan fingerprint density at radius 3 is 2.52 bits per heavy atom. The molecule has 0 aromatic heterocycles. The molecule has 2 heterocycles. The summed E-state index contributed by atoms with van der Waals surface area (Å²) in [6.45, 7) is 1.43. The fraction of sp³-hybridized carbons (Fsp3) is 0.500. The molecule has 0 saturated heterocycles. The van der Waals surface area contributed by atoms with E-state index in [0.29, 0.717) is 17.1 Å². The summed E-state index contributed by atoms with van der Waals surface area (Å²) >= 11 is 0. The maximum absolute atomic E-state index is 12.8. The number of carbonyl (C=O) groups is 2. The van der Waals surface area contributed by atoms with Crippen molar-refractivity contribution >= 4 is 11.8 Å². The van der Waals surface area contributed by atoms with Crippen molar-refractivity contribution in [2.24, 2.45) is 0 Å². The van der Waals surface area contributed by atoms with Crippen LogP contribution in [-0.4, -0.2) is 52.0 Å². The van der Waals surface area contributed by atoms with Crippen LogP contribution < -0.4 is 9.47 Å². The molecule has 3 aliphatic rings. The van der Waals surface area contributed by atoms with Crippen LogP contribution in [-0.2, 0) is 4.79 Å². The smallest absolute Gasteiger partial charge is 0.261 e. The van der Waals surface area contributed by atoms with E-state index < -0.39 is 24.2 Å². The highest BCUT2D eigenvalue weighted by Gasteiger charge is 2.47. The molecule has 23 heavy (non-hydrogen) atoms. The maximum Gasteiger partial charge on any atom is 0.261 e. The van der Waals surface area contributed by atoms with E-state index in [1.54, 1.807) is 12.1 Å². The minimum Gasteiger partial charge on any atom is -0.454 e. The number of hydrogen-bond acceptors (Lipinski definition) is 6. The average molecular weight is 319 g/mol. The lowest BCUT2D eigenvalue weighted by atomic mass is 9.72. The Morgan fingerprint density at radius 1 is 1.17 bits per heavy atom. The number of imide groups is 1. The lowest BCUT2D eigenvalue weighted by molar-refractivity contribution is -0.131. The zero-order valence-electron chi connectivity index (χ0n) is 12.6. The molecule has 0 bridgehead atoms. The van der Waals surface area contributed by atoms with Gasteiger partial charge in [-0.05, 0) is 30.5 Å². The number of nitrogens with zero attached hydrogens (tertiary/aromatic N) is 1. The predicted molar refractivity (Wildman–Crippen MR) is 77.2 cm³/mol. The second-order valence-corrected chi connectivity index (χ2v) is 6.27. The monoisotopic (exact) mass is 319 g/mol. The van der Waals surface area contributed by atoms with Gasteiger partial charge in [-0.2, -0.15) is 0 Å². The van der Waals surface area contributed by atoms with Crippen molar-refractivity contribution in [2.75, 3.05) is 6.79 Å². The molecule has 2 aliphatic heterocycles. The summed E-state index contributed by atoms with van der Waals surface area (Å²) in [6, 6.07) is 2.91. The van der Waals surface area contributed by atoms with Crippen molar-refractivity contribution < 1.29 is 29.3 Å². The van der Waals surface area contributed by atoms with Gasteiger partial charge in [0.25, 0.3) is 5.91 Å². The van der Waals surface area contributed by atoms with Crippen LogP contribution in [0.5, 0.6) is 11.5 Å². The molecule has 4 rings (SSSR count). The highest BCUT2D eigenvalue weighted by Crippen LogP contribution is 2.46. The van der Waals surface area contributed by atoms with Gasteiger partial charge in [0.2, 0.25) is 12.7 Å². The normalized spacial score (nSPS) is 31.6. The maximum atomic E-state index is 12.8. The van der Waals surface area contributed by atoms with Gasteiger partial charge in [0, 0.05) is 24.4 Å². The number of hydrogen-bond donors (Lipinski definition) is 2. The Hall–Kier alpha value is -2.12. The van der Waals surface area contributed by atoms with E-state index in [9.17, 15) is 19.8 Å². The highest BCUT2D eigenvalue weighted by atomic mass is 16.7. The molecule has 4 atom stereocenters. The summed E-state index contributed by atoms with van der Waals surface area (Å²) < 4.78 is 10.7. The zero-order valence-corrected chi connectivity index (χ0v) is 12.6. The second kappa shape index (κ2) is 4.94. The summed E-state index contributed by atoms with van der Waals surface area (Å²) in [5.41, 5.74) is 1.14. The summed E-state index contributed by atoms with van der Waals surface area (Å²) in [5.74, 6) is 0.0645. The molecule has 0 spiro atoms. The number of aliphatic hydroxyl groups is 2. The minimum atomic E-state index is -0.943. The van der Waals surface area contributed by atoms with Crippen LogP contribution in [0.25, 0.3) is 0 Å². The van der Waals surface area contributed by atoms with Gasteiger partial charge in [-0.1, -0.05) is 0 Å². The molecule has 1 aromatic rings. The Kier molecular flexibility index (Phi) is 3.11. The zero-order chi connectivity index (χ0) is 16.3. The summed E-state index contributed by atoms with van der Waals surface area (Å²) in [4.78, 5) is 26.0. The van der Waals surface area contributed by atoms with E-state index in [2.05, 4.69) is 0 Å². The van der Waals surface area contributed by atoms with Gasteiger partial charge in [-0.15, -0.1) is 0 Å². The van der Waals surface area contributed by atoms with Gasteiger partial charge in [-0.25, -0.2) is 0 Å².